The molecule has 34 heavy (non-hydrogen) atoms. The van der Waals surface area contributed by atoms with Gasteiger partial charge in [0.15, 0.2) is 11.5 Å². The molecule has 0 aromatic heterocycles. The van der Waals surface area contributed by atoms with Gasteiger partial charge in [-0.05, 0) is 75.2 Å². The predicted molar refractivity (Wildman–Crippen MR) is 134 cm³/mol. The average Bonchev–Trinajstić information content (AvgIpc) is 3.07. The second-order valence-electron chi connectivity index (χ2n) is 7.31. The predicted octanol–water partition coefficient (Wildman–Crippen LogP) is 7.07. The number of nitrogens with zero attached hydrogens (tertiary/aromatic N) is 1. The van der Waals surface area contributed by atoms with Gasteiger partial charge in [-0.25, -0.2) is 4.39 Å². The van der Waals surface area contributed by atoms with Crippen LogP contribution in [0.2, 0.25) is 5.02 Å². The van der Waals surface area contributed by atoms with Gasteiger partial charge in [-0.15, -0.1) is 0 Å². The summed E-state index contributed by atoms with van der Waals surface area (Å²) < 4.78 is 26.0. The fraction of sp³-hybridized carbons (Fsp3) is 0.120. The molecular weight excluding hydrogens is 545 g/mol. The van der Waals surface area contributed by atoms with Gasteiger partial charge in [-0.2, -0.15) is 0 Å². The number of benzene rings is 3. The molecule has 1 fully saturated rings. The van der Waals surface area contributed by atoms with Crippen molar-refractivity contribution in [3.05, 3.63) is 97.6 Å². The SMILES string of the molecule is COc1cc(/C=C2/SC(=O)N(Cc3ccccc3F)C2=O)cc(Br)c1OCc1ccc(Cl)cc1. The van der Waals surface area contributed by atoms with E-state index < -0.39 is 17.0 Å². The summed E-state index contributed by atoms with van der Waals surface area (Å²) >= 11 is 10.2. The fourth-order valence-electron chi connectivity index (χ4n) is 3.28. The van der Waals surface area contributed by atoms with Crippen molar-refractivity contribution in [3.8, 4) is 11.5 Å². The third kappa shape index (κ3) is 5.46. The Morgan fingerprint density at radius 2 is 1.85 bits per heavy atom. The molecule has 3 aromatic rings. The number of amides is 2. The Labute approximate surface area is 213 Å². The van der Waals surface area contributed by atoms with E-state index in [2.05, 4.69) is 15.9 Å². The molecule has 0 radical (unpaired) electrons. The van der Waals surface area contributed by atoms with Crippen LogP contribution in [-0.2, 0) is 17.9 Å². The van der Waals surface area contributed by atoms with Gasteiger partial charge >= 0.3 is 0 Å². The van der Waals surface area contributed by atoms with E-state index in [9.17, 15) is 14.0 Å². The maximum absolute atomic E-state index is 14.0. The Hall–Kier alpha value is -2.81. The first-order valence-corrected chi connectivity index (χ1v) is 12.1. The number of carbonyl (C=O) groups excluding carboxylic acids is 2. The number of methoxy groups -OCH3 is 1. The van der Waals surface area contributed by atoms with E-state index in [1.165, 1.54) is 13.2 Å². The molecule has 3 aromatic carbocycles. The minimum absolute atomic E-state index is 0.126. The number of ether oxygens (including phenoxy) is 2. The van der Waals surface area contributed by atoms with E-state index in [1.807, 2.05) is 12.1 Å². The maximum Gasteiger partial charge on any atom is 0.293 e. The van der Waals surface area contributed by atoms with Crippen LogP contribution in [0.5, 0.6) is 11.5 Å². The number of imide groups is 1. The molecule has 5 nitrogen and oxygen atoms in total. The van der Waals surface area contributed by atoms with Gasteiger partial charge in [0, 0.05) is 10.6 Å². The summed E-state index contributed by atoms with van der Waals surface area (Å²) in [7, 11) is 1.52. The van der Waals surface area contributed by atoms with Crippen LogP contribution in [0.1, 0.15) is 16.7 Å². The van der Waals surface area contributed by atoms with Crippen molar-refractivity contribution < 1.29 is 23.5 Å². The Morgan fingerprint density at radius 3 is 2.56 bits per heavy atom. The zero-order valence-electron chi connectivity index (χ0n) is 17.9. The summed E-state index contributed by atoms with van der Waals surface area (Å²) in [5.74, 6) is 0.0206. The average molecular weight is 563 g/mol. The lowest BCUT2D eigenvalue weighted by molar-refractivity contribution is -0.123. The highest BCUT2D eigenvalue weighted by molar-refractivity contribution is 9.10. The third-order valence-electron chi connectivity index (χ3n) is 5.01. The third-order valence-corrected chi connectivity index (χ3v) is 6.75. The standard InChI is InChI=1S/C25H18BrClFNO4S/c1-32-21-11-16(10-19(26)23(21)33-14-15-6-8-18(27)9-7-15)12-22-24(30)29(25(31)34-22)13-17-4-2-3-5-20(17)28/h2-12H,13-14H2,1H3/b22-12+. The zero-order chi connectivity index (χ0) is 24.2. The maximum atomic E-state index is 14.0. The molecule has 1 saturated heterocycles. The Balaban J connectivity index is 1.53. The summed E-state index contributed by atoms with van der Waals surface area (Å²) in [4.78, 5) is 26.5. The van der Waals surface area contributed by atoms with E-state index in [-0.39, 0.29) is 17.0 Å². The molecule has 1 aliphatic rings. The highest BCUT2D eigenvalue weighted by Crippen LogP contribution is 2.39. The Kier molecular flexibility index (Phi) is 7.60. The van der Waals surface area contributed by atoms with Crippen LogP contribution < -0.4 is 9.47 Å². The number of thioether (sulfide) groups is 1. The fourth-order valence-corrected chi connectivity index (χ4v) is 4.82. The summed E-state index contributed by atoms with van der Waals surface area (Å²) in [6.45, 7) is 0.180. The number of carbonyl (C=O) groups is 2. The molecule has 9 heteroatoms. The molecule has 0 saturated carbocycles. The second-order valence-corrected chi connectivity index (χ2v) is 9.59. The van der Waals surface area contributed by atoms with Crippen LogP contribution in [0.3, 0.4) is 0 Å². The topological polar surface area (TPSA) is 55.8 Å². The lowest BCUT2D eigenvalue weighted by atomic mass is 10.1. The van der Waals surface area contributed by atoms with E-state index >= 15 is 0 Å². The van der Waals surface area contributed by atoms with Crippen molar-refractivity contribution in [1.82, 2.24) is 4.90 Å². The molecule has 0 atom stereocenters. The molecule has 4 rings (SSSR count). The van der Waals surface area contributed by atoms with E-state index in [0.717, 1.165) is 22.2 Å². The molecule has 0 bridgehead atoms. The second kappa shape index (κ2) is 10.6. The lowest BCUT2D eigenvalue weighted by Gasteiger charge is -2.14. The zero-order valence-corrected chi connectivity index (χ0v) is 21.0. The van der Waals surface area contributed by atoms with Crippen LogP contribution in [0, 0.1) is 5.82 Å². The highest BCUT2D eigenvalue weighted by Gasteiger charge is 2.35. The number of rotatable bonds is 7. The lowest BCUT2D eigenvalue weighted by Crippen LogP contribution is -2.27. The molecule has 1 heterocycles. The number of hydrogen-bond donors (Lipinski definition) is 0. The summed E-state index contributed by atoms with van der Waals surface area (Å²) in [6, 6.07) is 16.9. The van der Waals surface area contributed by atoms with Gasteiger partial charge in [-0.3, -0.25) is 14.5 Å². The summed E-state index contributed by atoms with van der Waals surface area (Å²) in [5, 5.41) is 0.193. The van der Waals surface area contributed by atoms with Crippen molar-refractivity contribution in [3.63, 3.8) is 0 Å². The first-order valence-electron chi connectivity index (χ1n) is 10.1. The van der Waals surface area contributed by atoms with E-state index in [1.54, 1.807) is 48.5 Å². The molecule has 0 N–H and O–H groups in total. The van der Waals surface area contributed by atoms with Crippen LogP contribution >= 0.6 is 39.3 Å². The van der Waals surface area contributed by atoms with E-state index in [0.29, 0.717) is 33.2 Å². The van der Waals surface area contributed by atoms with Crippen LogP contribution in [0.4, 0.5) is 9.18 Å². The van der Waals surface area contributed by atoms with Crippen LogP contribution in [0.25, 0.3) is 6.08 Å². The van der Waals surface area contributed by atoms with Gasteiger partial charge in [-0.1, -0.05) is 41.9 Å². The molecule has 0 unspecified atom stereocenters. The monoisotopic (exact) mass is 561 g/mol. The summed E-state index contributed by atoms with van der Waals surface area (Å²) in [5.41, 5.74) is 1.85. The minimum atomic E-state index is -0.476. The first kappa shape index (κ1) is 24.3. The highest BCUT2D eigenvalue weighted by atomic mass is 79.9. The number of halogens is 3. The molecular formula is C25H18BrClFNO4S. The summed E-state index contributed by atoms with van der Waals surface area (Å²) in [6.07, 6.45) is 1.60. The Morgan fingerprint density at radius 1 is 1.12 bits per heavy atom. The smallest absolute Gasteiger partial charge is 0.293 e. The van der Waals surface area contributed by atoms with E-state index in [4.69, 9.17) is 21.1 Å². The van der Waals surface area contributed by atoms with Crippen molar-refractivity contribution in [2.45, 2.75) is 13.2 Å². The Bertz CT molecular complexity index is 1280. The molecule has 0 aliphatic carbocycles. The normalized spacial score (nSPS) is 14.7. The van der Waals surface area contributed by atoms with Gasteiger partial charge in [0.05, 0.1) is 23.0 Å². The molecule has 2 amide bonds. The molecule has 0 spiro atoms. The van der Waals surface area contributed by atoms with Crippen molar-refractivity contribution in [2.24, 2.45) is 0 Å². The van der Waals surface area contributed by atoms with Gasteiger partial charge in [0.25, 0.3) is 11.1 Å². The van der Waals surface area contributed by atoms with Gasteiger partial charge in [0.2, 0.25) is 0 Å². The first-order chi connectivity index (χ1) is 16.4. The largest absolute Gasteiger partial charge is 0.493 e. The number of hydrogen-bond acceptors (Lipinski definition) is 5. The van der Waals surface area contributed by atoms with Crippen LogP contribution in [-0.4, -0.2) is 23.2 Å². The van der Waals surface area contributed by atoms with Crippen molar-refractivity contribution in [2.75, 3.05) is 7.11 Å². The van der Waals surface area contributed by atoms with Crippen LogP contribution in [0.15, 0.2) is 70.0 Å². The molecule has 1 aliphatic heterocycles. The minimum Gasteiger partial charge on any atom is -0.493 e. The van der Waals surface area contributed by atoms with Gasteiger partial charge < -0.3 is 9.47 Å². The quantitative estimate of drug-likeness (QED) is 0.288. The van der Waals surface area contributed by atoms with Crippen molar-refractivity contribution >= 4 is 56.5 Å². The molecule has 174 valence electrons. The van der Waals surface area contributed by atoms with Gasteiger partial charge in [0.1, 0.15) is 12.4 Å². The van der Waals surface area contributed by atoms with Crippen molar-refractivity contribution in [1.29, 1.82) is 0 Å².